The summed E-state index contributed by atoms with van der Waals surface area (Å²) >= 11 is 0. The Morgan fingerprint density at radius 2 is 1.91 bits per heavy atom. The third-order valence-electron chi connectivity index (χ3n) is 1.37. The van der Waals surface area contributed by atoms with Gasteiger partial charge in [0, 0.05) is 0 Å². The summed E-state index contributed by atoms with van der Waals surface area (Å²) in [6.07, 6.45) is 1.26. The average Bonchev–Trinajstić information content (AvgIpc) is 1.83. The van der Waals surface area contributed by atoms with Gasteiger partial charge in [-0.25, -0.2) is 0 Å². The van der Waals surface area contributed by atoms with E-state index in [4.69, 9.17) is 10.5 Å². The van der Waals surface area contributed by atoms with Crippen LogP contribution in [0.4, 0.5) is 0 Å². The number of rotatable bonds is 4. The third kappa shape index (κ3) is 7.82. The second-order valence-corrected chi connectivity index (χ2v) is 4.26. The normalized spacial score (nSPS) is 15.0. The first-order valence-corrected chi connectivity index (χ1v) is 4.27. The first-order valence-electron chi connectivity index (χ1n) is 4.27. The van der Waals surface area contributed by atoms with Gasteiger partial charge in [-0.3, -0.25) is 0 Å². The lowest BCUT2D eigenvalue weighted by atomic mass is 9.98. The lowest BCUT2D eigenvalue weighted by Gasteiger charge is -2.21. The zero-order valence-corrected chi connectivity index (χ0v) is 8.18. The van der Waals surface area contributed by atoms with E-state index in [1.54, 1.807) is 0 Å². The Balaban J connectivity index is 3.38. The molecule has 0 aromatic heterocycles. The molecule has 0 saturated carbocycles. The fourth-order valence-electron chi connectivity index (χ4n) is 0.710. The van der Waals surface area contributed by atoms with Gasteiger partial charge in [0.25, 0.3) is 0 Å². The molecular weight excluding hydrogens is 138 g/mol. The van der Waals surface area contributed by atoms with Crippen LogP contribution in [0, 0.1) is 5.41 Å². The van der Waals surface area contributed by atoms with E-state index in [1.165, 1.54) is 0 Å². The molecule has 0 saturated heterocycles. The maximum Gasteiger partial charge on any atom is 0.0559 e. The minimum atomic E-state index is 0.267. The van der Waals surface area contributed by atoms with E-state index in [0.29, 0.717) is 12.6 Å². The maximum atomic E-state index is 5.57. The molecule has 0 spiro atoms. The third-order valence-corrected chi connectivity index (χ3v) is 1.37. The minimum absolute atomic E-state index is 0.267. The van der Waals surface area contributed by atoms with Crippen LogP contribution in [0.3, 0.4) is 0 Å². The molecule has 11 heavy (non-hydrogen) atoms. The van der Waals surface area contributed by atoms with Crippen molar-refractivity contribution in [2.75, 3.05) is 13.2 Å². The molecule has 0 aromatic rings. The Morgan fingerprint density at radius 1 is 1.36 bits per heavy atom. The molecule has 0 fully saturated rings. The quantitative estimate of drug-likeness (QED) is 0.678. The van der Waals surface area contributed by atoms with E-state index >= 15 is 0 Å². The van der Waals surface area contributed by atoms with Crippen molar-refractivity contribution in [2.45, 2.75) is 40.2 Å². The Morgan fingerprint density at radius 3 is 2.27 bits per heavy atom. The molecule has 2 heteroatoms. The van der Waals surface area contributed by atoms with Crippen LogP contribution in [-0.4, -0.2) is 19.3 Å². The van der Waals surface area contributed by atoms with Crippen molar-refractivity contribution in [1.29, 1.82) is 0 Å². The highest BCUT2D eigenvalue weighted by atomic mass is 16.5. The van der Waals surface area contributed by atoms with Crippen LogP contribution in [0.2, 0.25) is 0 Å². The summed E-state index contributed by atoms with van der Waals surface area (Å²) < 4.78 is 5.57. The van der Waals surface area contributed by atoms with Crippen LogP contribution in [0.5, 0.6) is 0 Å². The van der Waals surface area contributed by atoms with Crippen molar-refractivity contribution in [2.24, 2.45) is 11.1 Å². The van der Waals surface area contributed by atoms with Crippen molar-refractivity contribution in [3.63, 3.8) is 0 Å². The highest BCUT2D eigenvalue weighted by molar-refractivity contribution is 4.61. The zero-order chi connectivity index (χ0) is 8.91. The van der Waals surface area contributed by atoms with Gasteiger partial charge in [-0.1, -0.05) is 20.8 Å². The van der Waals surface area contributed by atoms with Crippen molar-refractivity contribution < 1.29 is 4.74 Å². The molecule has 0 aliphatic carbocycles. The van der Waals surface area contributed by atoms with Crippen LogP contribution < -0.4 is 5.73 Å². The zero-order valence-electron chi connectivity index (χ0n) is 8.18. The van der Waals surface area contributed by atoms with Gasteiger partial charge in [0.05, 0.1) is 12.7 Å². The molecule has 0 radical (unpaired) electrons. The predicted molar refractivity (Wildman–Crippen MR) is 48.5 cm³/mol. The molecule has 68 valence electrons. The van der Waals surface area contributed by atoms with Gasteiger partial charge in [0.15, 0.2) is 0 Å². The molecule has 0 aliphatic rings. The SMILES string of the molecule is CC(CCN)OCC(C)(C)C. The Hall–Kier alpha value is -0.0800. The van der Waals surface area contributed by atoms with Crippen molar-refractivity contribution in [1.82, 2.24) is 0 Å². The molecule has 0 rings (SSSR count). The second-order valence-electron chi connectivity index (χ2n) is 4.26. The summed E-state index contributed by atoms with van der Waals surface area (Å²) in [6.45, 7) is 10.1. The molecule has 0 heterocycles. The second kappa shape index (κ2) is 4.73. The fourth-order valence-corrected chi connectivity index (χ4v) is 0.710. The Bertz CT molecular complexity index is 96.2. The molecule has 1 atom stereocenters. The highest BCUT2D eigenvalue weighted by Crippen LogP contribution is 2.14. The van der Waals surface area contributed by atoms with Crippen LogP contribution >= 0.6 is 0 Å². The molecule has 0 bridgehead atoms. The summed E-state index contributed by atoms with van der Waals surface area (Å²) in [4.78, 5) is 0. The summed E-state index contributed by atoms with van der Waals surface area (Å²) in [7, 11) is 0. The number of ether oxygens (including phenoxy) is 1. The van der Waals surface area contributed by atoms with Crippen LogP contribution in [0.25, 0.3) is 0 Å². The molecule has 1 unspecified atom stereocenters. The monoisotopic (exact) mass is 159 g/mol. The van der Waals surface area contributed by atoms with Crippen LogP contribution in [-0.2, 0) is 4.74 Å². The fraction of sp³-hybridized carbons (Fsp3) is 1.00. The Kier molecular flexibility index (Phi) is 4.69. The predicted octanol–water partition coefficient (Wildman–Crippen LogP) is 1.79. The lowest BCUT2D eigenvalue weighted by molar-refractivity contribution is 0.0158. The van der Waals surface area contributed by atoms with E-state index < -0.39 is 0 Å². The summed E-state index contributed by atoms with van der Waals surface area (Å²) in [5.74, 6) is 0. The van der Waals surface area contributed by atoms with Crippen LogP contribution in [0.1, 0.15) is 34.1 Å². The Labute approximate surface area is 70.1 Å². The number of hydrogen-bond acceptors (Lipinski definition) is 2. The van der Waals surface area contributed by atoms with Gasteiger partial charge in [-0.15, -0.1) is 0 Å². The van der Waals surface area contributed by atoms with E-state index in [1.807, 2.05) is 0 Å². The summed E-state index contributed by atoms with van der Waals surface area (Å²) in [6, 6.07) is 0. The maximum absolute atomic E-state index is 5.57. The van der Waals surface area contributed by atoms with Gasteiger partial charge in [0.1, 0.15) is 0 Å². The number of hydrogen-bond donors (Lipinski definition) is 1. The van der Waals surface area contributed by atoms with Gasteiger partial charge in [-0.05, 0) is 25.3 Å². The molecular formula is C9H21NO. The van der Waals surface area contributed by atoms with Gasteiger partial charge in [-0.2, -0.15) is 0 Å². The van der Waals surface area contributed by atoms with Crippen molar-refractivity contribution in [3.8, 4) is 0 Å². The average molecular weight is 159 g/mol. The standard InChI is InChI=1S/C9H21NO/c1-8(5-6-10)11-7-9(2,3)4/h8H,5-7,10H2,1-4H3. The molecule has 0 aromatic carbocycles. The molecule has 0 amide bonds. The highest BCUT2D eigenvalue weighted by Gasteiger charge is 2.11. The first-order chi connectivity index (χ1) is 4.95. The molecule has 2 nitrogen and oxygen atoms in total. The molecule has 0 aliphatic heterocycles. The van der Waals surface area contributed by atoms with E-state index in [0.717, 1.165) is 13.0 Å². The lowest BCUT2D eigenvalue weighted by Crippen LogP contribution is -2.21. The largest absolute Gasteiger partial charge is 0.378 e. The molecule has 2 N–H and O–H groups in total. The smallest absolute Gasteiger partial charge is 0.0559 e. The topological polar surface area (TPSA) is 35.2 Å². The van der Waals surface area contributed by atoms with Crippen LogP contribution in [0.15, 0.2) is 0 Å². The van der Waals surface area contributed by atoms with Gasteiger partial charge >= 0.3 is 0 Å². The van der Waals surface area contributed by atoms with Gasteiger partial charge < -0.3 is 10.5 Å². The van der Waals surface area contributed by atoms with Crippen molar-refractivity contribution >= 4 is 0 Å². The van der Waals surface area contributed by atoms with Gasteiger partial charge in [0.2, 0.25) is 0 Å². The van der Waals surface area contributed by atoms with E-state index in [9.17, 15) is 0 Å². The summed E-state index contributed by atoms with van der Waals surface area (Å²) in [5, 5.41) is 0. The summed E-state index contributed by atoms with van der Waals surface area (Å²) in [5.41, 5.74) is 5.66. The van der Waals surface area contributed by atoms with E-state index in [2.05, 4.69) is 27.7 Å². The minimum Gasteiger partial charge on any atom is -0.378 e. The number of nitrogens with two attached hydrogens (primary N) is 1. The first kappa shape index (κ1) is 10.9. The van der Waals surface area contributed by atoms with Crippen molar-refractivity contribution in [3.05, 3.63) is 0 Å². The van der Waals surface area contributed by atoms with E-state index in [-0.39, 0.29) is 5.41 Å².